The Morgan fingerprint density at radius 2 is 2.00 bits per heavy atom. The molecule has 0 spiro atoms. The number of rotatable bonds is 3. The van der Waals surface area contributed by atoms with Crippen LogP contribution in [-0.4, -0.2) is 19.6 Å². The molecule has 4 nitrogen and oxygen atoms in total. The third kappa shape index (κ3) is 2.23. The van der Waals surface area contributed by atoms with E-state index in [0.717, 1.165) is 22.1 Å². The van der Waals surface area contributed by atoms with Gasteiger partial charge in [0.2, 0.25) is 0 Å². The summed E-state index contributed by atoms with van der Waals surface area (Å²) in [6.07, 6.45) is 3.68. The van der Waals surface area contributed by atoms with E-state index in [1.807, 2.05) is 12.3 Å². The van der Waals surface area contributed by atoms with Crippen LogP contribution in [-0.2, 0) is 5.75 Å². The Kier molecular flexibility index (Phi) is 3.27. The molecular weight excluding hydrogens is 292 g/mol. The van der Waals surface area contributed by atoms with Crippen LogP contribution in [0.25, 0.3) is 16.6 Å². The fourth-order valence-electron chi connectivity index (χ4n) is 2.60. The van der Waals surface area contributed by atoms with Gasteiger partial charge < -0.3 is 0 Å². The summed E-state index contributed by atoms with van der Waals surface area (Å²) in [7, 11) is 0. The Morgan fingerprint density at radius 3 is 2.86 bits per heavy atom. The Labute approximate surface area is 132 Å². The van der Waals surface area contributed by atoms with Crippen molar-refractivity contribution in [3.63, 3.8) is 0 Å². The van der Waals surface area contributed by atoms with Crippen LogP contribution in [0.2, 0.25) is 0 Å². The maximum Gasteiger partial charge on any atom is 0.196 e. The largest absolute Gasteiger partial charge is 0.270 e. The predicted molar refractivity (Wildman–Crippen MR) is 89.0 cm³/mol. The molecule has 0 saturated heterocycles. The maximum atomic E-state index is 4.36. The smallest absolute Gasteiger partial charge is 0.196 e. The van der Waals surface area contributed by atoms with Crippen LogP contribution in [0.5, 0.6) is 0 Å². The van der Waals surface area contributed by atoms with Gasteiger partial charge in [0.15, 0.2) is 10.8 Å². The summed E-state index contributed by atoms with van der Waals surface area (Å²) in [4.78, 5) is 4.15. The predicted octanol–water partition coefficient (Wildman–Crippen LogP) is 3.88. The zero-order valence-electron chi connectivity index (χ0n) is 12.1. The number of hydrogen-bond donors (Lipinski definition) is 0. The molecule has 0 aliphatic carbocycles. The number of hydrogen-bond acceptors (Lipinski definition) is 4. The van der Waals surface area contributed by atoms with Gasteiger partial charge in [-0.2, -0.15) is 0 Å². The number of aromatic nitrogens is 4. The zero-order chi connectivity index (χ0) is 14.9. The molecule has 0 fully saturated rings. The number of para-hydroxylation sites is 1. The molecule has 0 radical (unpaired) electrons. The first-order valence-corrected chi connectivity index (χ1v) is 8.07. The molecule has 3 heterocycles. The summed E-state index contributed by atoms with van der Waals surface area (Å²) in [5, 5.41) is 10.8. The minimum atomic E-state index is 0.830. The lowest BCUT2D eigenvalue weighted by Gasteiger charge is -2.07. The molecule has 0 aliphatic heterocycles. The normalized spacial score (nSPS) is 11.3. The number of thioether (sulfide) groups is 1. The topological polar surface area (TPSA) is 43.1 Å². The van der Waals surface area contributed by atoms with E-state index in [4.69, 9.17) is 0 Å². The van der Waals surface area contributed by atoms with Gasteiger partial charge >= 0.3 is 0 Å². The molecule has 0 aliphatic rings. The number of benzene rings is 1. The van der Waals surface area contributed by atoms with Gasteiger partial charge in [0.25, 0.3) is 0 Å². The van der Waals surface area contributed by atoms with Gasteiger partial charge in [-0.25, -0.2) is 0 Å². The van der Waals surface area contributed by atoms with E-state index in [2.05, 4.69) is 62.9 Å². The average molecular weight is 306 g/mol. The van der Waals surface area contributed by atoms with Crippen molar-refractivity contribution in [2.45, 2.75) is 17.8 Å². The Balaban J connectivity index is 1.80. The second-order valence-electron chi connectivity index (χ2n) is 5.17. The van der Waals surface area contributed by atoms with Gasteiger partial charge in [-0.3, -0.25) is 9.38 Å². The summed E-state index contributed by atoms with van der Waals surface area (Å²) in [5.74, 6) is 0.830. The first-order valence-electron chi connectivity index (χ1n) is 7.08. The van der Waals surface area contributed by atoms with E-state index >= 15 is 0 Å². The molecule has 0 saturated carbocycles. The molecule has 22 heavy (non-hydrogen) atoms. The second kappa shape index (κ2) is 5.42. The summed E-state index contributed by atoms with van der Waals surface area (Å²) < 4.78 is 2.13. The minimum absolute atomic E-state index is 0.830. The highest BCUT2D eigenvalue weighted by Gasteiger charge is 2.11. The molecule has 3 aromatic heterocycles. The Bertz CT molecular complexity index is 947. The highest BCUT2D eigenvalue weighted by Crippen LogP contribution is 2.27. The van der Waals surface area contributed by atoms with Crippen molar-refractivity contribution < 1.29 is 0 Å². The third-order valence-electron chi connectivity index (χ3n) is 3.66. The van der Waals surface area contributed by atoms with Gasteiger partial charge in [-0.05, 0) is 36.2 Å². The SMILES string of the molecule is Cc1cc2nnc(SCc3cccnc3)n2c2ccccc12. The molecule has 0 atom stereocenters. The van der Waals surface area contributed by atoms with Crippen molar-refractivity contribution in [2.75, 3.05) is 0 Å². The zero-order valence-corrected chi connectivity index (χ0v) is 12.9. The summed E-state index contributed by atoms with van der Waals surface area (Å²) in [6.45, 7) is 2.11. The summed E-state index contributed by atoms with van der Waals surface area (Å²) >= 11 is 1.68. The molecule has 0 bridgehead atoms. The van der Waals surface area contributed by atoms with E-state index in [9.17, 15) is 0 Å². The number of pyridine rings is 2. The molecule has 4 rings (SSSR count). The van der Waals surface area contributed by atoms with Crippen molar-refractivity contribution >= 4 is 28.3 Å². The van der Waals surface area contributed by atoms with Crippen molar-refractivity contribution in [3.05, 3.63) is 66.0 Å². The quantitative estimate of drug-likeness (QED) is 0.539. The molecule has 0 N–H and O–H groups in total. The van der Waals surface area contributed by atoms with Crippen molar-refractivity contribution in [2.24, 2.45) is 0 Å². The lowest BCUT2D eigenvalue weighted by molar-refractivity contribution is 0.939. The maximum absolute atomic E-state index is 4.36. The second-order valence-corrected chi connectivity index (χ2v) is 6.11. The van der Waals surface area contributed by atoms with Crippen LogP contribution < -0.4 is 0 Å². The standard InChI is InChI=1S/C17H14N4S/c1-12-9-16-19-20-17(22-11-13-5-4-8-18-10-13)21(16)15-7-3-2-6-14(12)15/h2-10H,11H2,1H3. The van der Waals surface area contributed by atoms with Crippen LogP contribution in [0.4, 0.5) is 0 Å². The van der Waals surface area contributed by atoms with Crippen LogP contribution in [0.1, 0.15) is 11.1 Å². The van der Waals surface area contributed by atoms with Gasteiger partial charge in [0.05, 0.1) is 5.52 Å². The van der Waals surface area contributed by atoms with Crippen LogP contribution >= 0.6 is 11.8 Å². The van der Waals surface area contributed by atoms with Gasteiger partial charge in [0.1, 0.15) is 0 Å². The van der Waals surface area contributed by atoms with Crippen molar-refractivity contribution in [1.82, 2.24) is 19.6 Å². The Hall–Kier alpha value is -2.40. The van der Waals surface area contributed by atoms with Crippen LogP contribution in [0.3, 0.4) is 0 Å². The van der Waals surface area contributed by atoms with E-state index in [1.54, 1.807) is 18.0 Å². The van der Waals surface area contributed by atoms with E-state index in [1.165, 1.54) is 16.5 Å². The molecule has 4 aromatic rings. The first-order chi connectivity index (χ1) is 10.8. The van der Waals surface area contributed by atoms with Crippen molar-refractivity contribution in [1.29, 1.82) is 0 Å². The van der Waals surface area contributed by atoms with E-state index < -0.39 is 0 Å². The van der Waals surface area contributed by atoms with Crippen LogP contribution in [0, 0.1) is 6.92 Å². The lowest BCUT2D eigenvalue weighted by atomic mass is 10.1. The first kappa shape index (κ1) is 13.3. The highest BCUT2D eigenvalue weighted by molar-refractivity contribution is 7.98. The Morgan fingerprint density at radius 1 is 1.09 bits per heavy atom. The minimum Gasteiger partial charge on any atom is -0.270 e. The van der Waals surface area contributed by atoms with Crippen molar-refractivity contribution in [3.8, 4) is 0 Å². The molecule has 0 unspecified atom stereocenters. The summed E-state index contributed by atoms with van der Waals surface area (Å²) in [5.41, 5.74) is 4.45. The monoisotopic (exact) mass is 306 g/mol. The fraction of sp³-hybridized carbons (Fsp3) is 0.118. The lowest BCUT2D eigenvalue weighted by Crippen LogP contribution is -1.93. The third-order valence-corrected chi connectivity index (χ3v) is 4.66. The molecule has 1 aromatic carbocycles. The highest BCUT2D eigenvalue weighted by atomic mass is 32.2. The average Bonchev–Trinajstić information content (AvgIpc) is 2.97. The molecule has 0 amide bonds. The number of nitrogens with zero attached hydrogens (tertiary/aromatic N) is 4. The van der Waals surface area contributed by atoms with E-state index in [0.29, 0.717) is 0 Å². The molecular formula is C17H14N4S. The molecule has 5 heteroatoms. The van der Waals surface area contributed by atoms with Gasteiger partial charge in [-0.1, -0.05) is 36.0 Å². The summed E-state index contributed by atoms with van der Waals surface area (Å²) in [6, 6.07) is 14.5. The van der Waals surface area contributed by atoms with Gasteiger partial charge in [0, 0.05) is 23.5 Å². The number of aryl methyl sites for hydroxylation is 1. The van der Waals surface area contributed by atoms with Gasteiger partial charge in [-0.15, -0.1) is 10.2 Å². The number of fused-ring (bicyclic) bond motifs is 3. The van der Waals surface area contributed by atoms with Crippen LogP contribution in [0.15, 0.2) is 60.0 Å². The molecule has 108 valence electrons. The van der Waals surface area contributed by atoms with E-state index in [-0.39, 0.29) is 0 Å². The fourth-order valence-corrected chi connectivity index (χ4v) is 3.49.